The normalized spacial score (nSPS) is 9.69. The Labute approximate surface area is 92.3 Å². The summed E-state index contributed by atoms with van der Waals surface area (Å²) in [4.78, 5) is 14.6. The van der Waals surface area contributed by atoms with Crippen molar-refractivity contribution in [2.75, 3.05) is 5.73 Å². The van der Waals surface area contributed by atoms with Crippen LogP contribution in [0.1, 0.15) is 21.7 Å². The molecule has 1 aromatic carbocycles. The van der Waals surface area contributed by atoms with Gasteiger partial charge in [0.2, 0.25) is 5.78 Å². The summed E-state index contributed by atoms with van der Waals surface area (Å²) in [5, 5.41) is 8.63. The molecule has 3 N–H and O–H groups in total. The molecular formula is C12H9N3O. The van der Waals surface area contributed by atoms with E-state index in [1.165, 1.54) is 0 Å². The molecule has 0 amide bonds. The van der Waals surface area contributed by atoms with Gasteiger partial charge in [0.25, 0.3) is 0 Å². The average Bonchev–Trinajstić information content (AvgIpc) is 2.77. The fraction of sp³-hybridized carbons (Fsp3) is 0. The highest BCUT2D eigenvalue weighted by molar-refractivity contribution is 6.08. The minimum Gasteiger partial charge on any atom is -0.399 e. The van der Waals surface area contributed by atoms with E-state index in [-0.39, 0.29) is 5.78 Å². The Morgan fingerprint density at radius 1 is 1.19 bits per heavy atom. The number of nitriles is 1. The second-order valence-electron chi connectivity index (χ2n) is 3.35. The van der Waals surface area contributed by atoms with Gasteiger partial charge in [0.15, 0.2) is 0 Å². The van der Waals surface area contributed by atoms with Crippen molar-refractivity contribution < 1.29 is 4.79 Å². The highest BCUT2D eigenvalue weighted by atomic mass is 16.1. The molecule has 0 aliphatic carbocycles. The number of nitrogens with one attached hydrogen (secondary N) is 1. The molecule has 4 nitrogen and oxygen atoms in total. The summed E-state index contributed by atoms with van der Waals surface area (Å²) < 4.78 is 0. The number of H-pyrrole nitrogens is 1. The second kappa shape index (κ2) is 3.91. The van der Waals surface area contributed by atoms with E-state index in [4.69, 9.17) is 11.0 Å². The van der Waals surface area contributed by atoms with Gasteiger partial charge in [-0.15, -0.1) is 0 Å². The first-order valence-electron chi connectivity index (χ1n) is 4.70. The summed E-state index contributed by atoms with van der Waals surface area (Å²) in [7, 11) is 0. The van der Waals surface area contributed by atoms with Gasteiger partial charge in [-0.3, -0.25) is 4.79 Å². The maximum atomic E-state index is 11.9. The number of rotatable bonds is 2. The van der Waals surface area contributed by atoms with E-state index >= 15 is 0 Å². The molecule has 0 aliphatic heterocycles. The number of carbonyl (C=O) groups excluding carboxylic acids is 1. The molecule has 2 aromatic rings. The zero-order valence-corrected chi connectivity index (χ0v) is 8.40. The third kappa shape index (κ3) is 1.79. The molecule has 78 valence electrons. The van der Waals surface area contributed by atoms with Crippen LogP contribution >= 0.6 is 0 Å². The van der Waals surface area contributed by atoms with Gasteiger partial charge in [0, 0.05) is 11.3 Å². The van der Waals surface area contributed by atoms with Gasteiger partial charge in [0.1, 0.15) is 11.8 Å². The molecule has 0 atom stereocenters. The van der Waals surface area contributed by atoms with E-state index in [0.717, 1.165) is 0 Å². The van der Waals surface area contributed by atoms with Crippen molar-refractivity contribution in [3.8, 4) is 6.07 Å². The van der Waals surface area contributed by atoms with Gasteiger partial charge >= 0.3 is 0 Å². The minimum absolute atomic E-state index is 0.151. The summed E-state index contributed by atoms with van der Waals surface area (Å²) in [6.07, 6.45) is 0. The van der Waals surface area contributed by atoms with Crippen LogP contribution in [0, 0.1) is 11.3 Å². The third-order valence-electron chi connectivity index (χ3n) is 2.22. The molecular weight excluding hydrogens is 202 g/mol. The van der Waals surface area contributed by atoms with E-state index < -0.39 is 0 Å². The molecule has 0 fully saturated rings. The minimum atomic E-state index is -0.151. The van der Waals surface area contributed by atoms with E-state index in [2.05, 4.69) is 4.98 Å². The van der Waals surface area contributed by atoms with Crippen LogP contribution in [0.25, 0.3) is 0 Å². The Balaban J connectivity index is 2.32. The quantitative estimate of drug-likeness (QED) is 0.585. The standard InChI is InChI=1S/C12H9N3O/c13-7-10-5-6-11(15-10)12(16)8-1-3-9(14)4-2-8/h1-6,15H,14H2. The molecule has 0 spiro atoms. The lowest BCUT2D eigenvalue weighted by atomic mass is 10.1. The number of hydrogen-bond acceptors (Lipinski definition) is 3. The average molecular weight is 211 g/mol. The highest BCUT2D eigenvalue weighted by Gasteiger charge is 2.10. The number of nitrogen functional groups attached to an aromatic ring is 1. The number of nitrogens with two attached hydrogens (primary N) is 1. The van der Waals surface area contributed by atoms with Gasteiger partial charge < -0.3 is 10.7 Å². The molecule has 2 rings (SSSR count). The Bertz CT molecular complexity index is 561. The highest BCUT2D eigenvalue weighted by Crippen LogP contribution is 2.11. The number of carbonyl (C=O) groups is 1. The van der Waals surface area contributed by atoms with Crippen molar-refractivity contribution in [1.82, 2.24) is 4.98 Å². The van der Waals surface area contributed by atoms with Crippen molar-refractivity contribution in [3.63, 3.8) is 0 Å². The van der Waals surface area contributed by atoms with Gasteiger partial charge in [-0.05, 0) is 36.4 Å². The van der Waals surface area contributed by atoms with Crippen LogP contribution in [-0.2, 0) is 0 Å². The predicted molar refractivity (Wildman–Crippen MR) is 59.8 cm³/mol. The van der Waals surface area contributed by atoms with Crippen LogP contribution in [0.5, 0.6) is 0 Å². The fourth-order valence-electron chi connectivity index (χ4n) is 1.38. The van der Waals surface area contributed by atoms with Crippen LogP contribution in [0.3, 0.4) is 0 Å². The summed E-state index contributed by atoms with van der Waals surface area (Å²) >= 11 is 0. The SMILES string of the molecule is N#Cc1ccc(C(=O)c2ccc(N)cc2)[nH]1. The third-order valence-corrected chi connectivity index (χ3v) is 2.22. The largest absolute Gasteiger partial charge is 0.399 e. The molecule has 0 saturated carbocycles. The second-order valence-corrected chi connectivity index (χ2v) is 3.35. The Morgan fingerprint density at radius 3 is 2.44 bits per heavy atom. The van der Waals surface area contributed by atoms with Crippen LogP contribution in [-0.4, -0.2) is 10.8 Å². The van der Waals surface area contributed by atoms with Crippen molar-refractivity contribution in [2.24, 2.45) is 0 Å². The molecule has 1 aromatic heterocycles. The molecule has 1 heterocycles. The lowest BCUT2D eigenvalue weighted by Crippen LogP contribution is -2.01. The first-order chi connectivity index (χ1) is 7.70. The van der Waals surface area contributed by atoms with E-state index in [9.17, 15) is 4.79 Å². The van der Waals surface area contributed by atoms with Gasteiger partial charge in [-0.2, -0.15) is 5.26 Å². The van der Waals surface area contributed by atoms with Gasteiger partial charge in [-0.1, -0.05) is 0 Å². The molecule has 0 bridgehead atoms. The lowest BCUT2D eigenvalue weighted by molar-refractivity contribution is 0.103. The molecule has 0 unspecified atom stereocenters. The maximum Gasteiger partial charge on any atom is 0.209 e. The van der Waals surface area contributed by atoms with Crippen molar-refractivity contribution in [3.05, 3.63) is 53.3 Å². The summed E-state index contributed by atoms with van der Waals surface area (Å²) in [5.41, 5.74) is 7.46. The number of ketones is 1. The van der Waals surface area contributed by atoms with Crippen LogP contribution < -0.4 is 5.73 Å². The Morgan fingerprint density at radius 2 is 1.88 bits per heavy atom. The van der Waals surface area contributed by atoms with E-state index in [1.54, 1.807) is 36.4 Å². The van der Waals surface area contributed by atoms with E-state index in [0.29, 0.717) is 22.6 Å². The molecule has 0 radical (unpaired) electrons. The first kappa shape index (κ1) is 9.99. The zero-order chi connectivity index (χ0) is 11.5. The molecule has 0 saturated heterocycles. The number of hydrogen-bond donors (Lipinski definition) is 2. The van der Waals surface area contributed by atoms with Crippen LogP contribution in [0.4, 0.5) is 5.69 Å². The first-order valence-corrected chi connectivity index (χ1v) is 4.70. The smallest absolute Gasteiger partial charge is 0.209 e. The van der Waals surface area contributed by atoms with Gasteiger partial charge in [-0.25, -0.2) is 0 Å². The van der Waals surface area contributed by atoms with Crippen molar-refractivity contribution in [2.45, 2.75) is 0 Å². The van der Waals surface area contributed by atoms with Crippen LogP contribution in [0.2, 0.25) is 0 Å². The maximum absolute atomic E-state index is 11.9. The summed E-state index contributed by atoms with van der Waals surface area (Å²) in [5.74, 6) is -0.151. The van der Waals surface area contributed by atoms with Gasteiger partial charge in [0.05, 0.1) is 5.69 Å². The number of benzene rings is 1. The fourth-order valence-corrected chi connectivity index (χ4v) is 1.38. The molecule has 16 heavy (non-hydrogen) atoms. The number of aromatic amines is 1. The summed E-state index contributed by atoms with van der Waals surface area (Å²) in [6, 6.07) is 11.8. The van der Waals surface area contributed by atoms with Crippen LogP contribution in [0.15, 0.2) is 36.4 Å². The predicted octanol–water partition coefficient (Wildman–Crippen LogP) is 1.70. The topological polar surface area (TPSA) is 82.7 Å². The Hall–Kier alpha value is -2.54. The molecule has 4 heteroatoms. The molecule has 0 aliphatic rings. The number of aromatic nitrogens is 1. The van der Waals surface area contributed by atoms with E-state index in [1.807, 2.05) is 6.07 Å². The summed E-state index contributed by atoms with van der Waals surface area (Å²) in [6.45, 7) is 0. The number of anilines is 1. The lowest BCUT2D eigenvalue weighted by Gasteiger charge is -1.98. The van der Waals surface area contributed by atoms with Crippen molar-refractivity contribution in [1.29, 1.82) is 5.26 Å². The zero-order valence-electron chi connectivity index (χ0n) is 8.40. The van der Waals surface area contributed by atoms with Crippen molar-refractivity contribution >= 4 is 11.5 Å². The monoisotopic (exact) mass is 211 g/mol. The Kier molecular flexibility index (Phi) is 2.44. The number of nitrogens with zero attached hydrogens (tertiary/aromatic N) is 1.